The fourth-order valence-electron chi connectivity index (χ4n) is 3.41. The smallest absolute Gasteiger partial charge is 0.221 e. The van der Waals surface area contributed by atoms with E-state index in [0.717, 1.165) is 31.8 Å². The molecule has 2 N–H and O–H groups in total. The summed E-state index contributed by atoms with van der Waals surface area (Å²) in [5.41, 5.74) is 1.18. The van der Waals surface area contributed by atoms with Crippen molar-refractivity contribution in [3.63, 3.8) is 0 Å². The number of likely N-dealkylation sites (N-methyl/N-ethyl adjacent to an activating group) is 1. The van der Waals surface area contributed by atoms with Crippen LogP contribution >= 0.6 is 0 Å². The van der Waals surface area contributed by atoms with Gasteiger partial charge in [0.1, 0.15) is 5.75 Å². The van der Waals surface area contributed by atoms with E-state index >= 15 is 0 Å². The van der Waals surface area contributed by atoms with Crippen LogP contribution in [0.3, 0.4) is 0 Å². The SMILES string of the molecule is CCN(CC)C(CNC(=O)CC1CCCN1)c1cccc(OC)c1. The minimum Gasteiger partial charge on any atom is -0.497 e. The van der Waals surface area contributed by atoms with E-state index in [1.54, 1.807) is 7.11 Å². The Labute approximate surface area is 145 Å². The molecule has 5 heteroatoms. The van der Waals surface area contributed by atoms with Gasteiger partial charge in [0, 0.05) is 19.0 Å². The molecular formula is C19H31N3O2. The molecule has 1 aromatic carbocycles. The highest BCUT2D eigenvalue weighted by atomic mass is 16.5. The summed E-state index contributed by atoms with van der Waals surface area (Å²) >= 11 is 0. The monoisotopic (exact) mass is 333 g/mol. The minimum absolute atomic E-state index is 0.134. The molecule has 2 rings (SSSR count). The lowest BCUT2D eigenvalue weighted by Gasteiger charge is -2.30. The van der Waals surface area contributed by atoms with Crippen LogP contribution in [0.25, 0.3) is 0 Å². The number of amides is 1. The van der Waals surface area contributed by atoms with Crippen LogP contribution < -0.4 is 15.4 Å². The number of rotatable bonds is 9. The van der Waals surface area contributed by atoms with E-state index in [4.69, 9.17) is 4.74 Å². The molecule has 1 saturated heterocycles. The molecule has 0 aliphatic carbocycles. The Hall–Kier alpha value is -1.59. The number of methoxy groups -OCH3 is 1. The zero-order chi connectivity index (χ0) is 17.4. The third-order valence-electron chi connectivity index (χ3n) is 4.82. The number of carbonyl (C=O) groups is 1. The predicted octanol–water partition coefficient (Wildman–Crippen LogP) is 2.34. The zero-order valence-corrected chi connectivity index (χ0v) is 15.2. The second kappa shape index (κ2) is 9.64. The number of benzene rings is 1. The summed E-state index contributed by atoms with van der Waals surface area (Å²) in [4.78, 5) is 14.6. The van der Waals surface area contributed by atoms with Gasteiger partial charge in [-0.25, -0.2) is 0 Å². The zero-order valence-electron chi connectivity index (χ0n) is 15.2. The number of hydrogen-bond donors (Lipinski definition) is 2. The Morgan fingerprint density at radius 1 is 1.42 bits per heavy atom. The number of nitrogens with zero attached hydrogens (tertiary/aromatic N) is 1. The van der Waals surface area contributed by atoms with Crippen LogP contribution in [0.4, 0.5) is 0 Å². The van der Waals surface area contributed by atoms with Crippen molar-refractivity contribution in [1.82, 2.24) is 15.5 Å². The van der Waals surface area contributed by atoms with Gasteiger partial charge in [-0.3, -0.25) is 9.69 Å². The number of carbonyl (C=O) groups excluding carboxylic acids is 1. The van der Waals surface area contributed by atoms with E-state index in [9.17, 15) is 4.79 Å². The molecule has 1 aliphatic rings. The Balaban J connectivity index is 2.01. The Kier molecular flexibility index (Phi) is 7.53. The van der Waals surface area contributed by atoms with Crippen molar-refractivity contribution in [1.29, 1.82) is 0 Å². The van der Waals surface area contributed by atoms with Crippen LogP contribution in [-0.2, 0) is 4.79 Å². The molecule has 0 radical (unpaired) electrons. The third-order valence-corrected chi connectivity index (χ3v) is 4.82. The highest BCUT2D eigenvalue weighted by molar-refractivity contribution is 5.76. The summed E-state index contributed by atoms with van der Waals surface area (Å²) in [7, 11) is 1.68. The summed E-state index contributed by atoms with van der Waals surface area (Å²) in [6, 6.07) is 8.63. The van der Waals surface area contributed by atoms with Gasteiger partial charge in [0.2, 0.25) is 5.91 Å². The first-order valence-electron chi connectivity index (χ1n) is 9.06. The maximum atomic E-state index is 12.3. The largest absolute Gasteiger partial charge is 0.497 e. The normalized spacial score (nSPS) is 18.6. The first kappa shape index (κ1) is 18.7. The molecule has 2 atom stereocenters. The van der Waals surface area contributed by atoms with E-state index in [2.05, 4.69) is 41.5 Å². The van der Waals surface area contributed by atoms with Crippen molar-refractivity contribution in [2.45, 2.75) is 45.2 Å². The van der Waals surface area contributed by atoms with E-state index in [-0.39, 0.29) is 11.9 Å². The molecule has 0 spiro atoms. The molecule has 0 aromatic heterocycles. The third kappa shape index (κ3) is 5.21. The van der Waals surface area contributed by atoms with Gasteiger partial charge >= 0.3 is 0 Å². The summed E-state index contributed by atoms with van der Waals surface area (Å²) in [5.74, 6) is 0.987. The van der Waals surface area contributed by atoms with Crippen molar-refractivity contribution in [3.8, 4) is 5.75 Å². The maximum Gasteiger partial charge on any atom is 0.221 e. The van der Waals surface area contributed by atoms with Gasteiger partial charge in [0.05, 0.1) is 13.2 Å². The average molecular weight is 333 g/mol. The average Bonchev–Trinajstić information content (AvgIpc) is 3.11. The van der Waals surface area contributed by atoms with Crippen LogP contribution in [0, 0.1) is 0 Å². The Morgan fingerprint density at radius 2 is 2.21 bits per heavy atom. The molecule has 2 unspecified atom stereocenters. The molecule has 0 saturated carbocycles. The van der Waals surface area contributed by atoms with Crippen molar-refractivity contribution in [3.05, 3.63) is 29.8 Å². The lowest BCUT2D eigenvalue weighted by molar-refractivity contribution is -0.121. The molecule has 1 fully saturated rings. The Bertz CT molecular complexity index is 511. The highest BCUT2D eigenvalue weighted by Gasteiger charge is 2.21. The van der Waals surface area contributed by atoms with Gasteiger partial charge in [-0.05, 0) is 50.2 Å². The molecule has 0 bridgehead atoms. The van der Waals surface area contributed by atoms with Crippen LogP contribution in [0.1, 0.15) is 44.7 Å². The molecule has 1 aromatic rings. The molecule has 5 nitrogen and oxygen atoms in total. The van der Waals surface area contributed by atoms with E-state index < -0.39 is 0 Å². The molecular weight excluding hydrogens is 302 g/mol. The summed E-state index contributed by atoms with van der Waals surface area (Å²) in [5, 5.41) is 6.51. The van der Waals surface area contributed by atoms with E-state index in [1.807, 2.05) is 12.1 Å². The standard InChI is InChI=1S/C19H31N3O2/c1-4-22(5-2)18(15-8-6-10-17(12-15)24-3)14-21-19(23)13-16-9-7-11-20-16/h6,8,10,12,16,18,20H,4-5,7,9,11,13-14H2,1-3H3,(H,21,23). The molecule has 1 aliphatic heterocycles. The summed E-state index contributed by atoms with van der Waals surface area (Å²) < 4.78 is 5.35. The van der Waals surface area contributed by atoms with Gasteiger partial charge in [0.15, 0.2) is 0 Å². The van der Waals surface area contributed by atoms with Gasteiger partial charge < -0.3 is 15.4 Å². The fraction of sp³-hybridized carbons (Fsp3) is 0.632. The van der Waals surface area contributed by atoms with Crippen molar-refractivity contribution >= 4 is 5.91 Å². The predicted molar refractivity (Wildman–Crippen MR) is 97.3 cm³/mol. The summed E-state index contributed by atoms with van der Waals surface area (Å²) in [6.07, 6.45) is 2.84. The number of hydrogen-bond acceptors (Lipinski definition) is 4. The van der Waals surface area contributed by atoms with E-state index in [0.29, 0.717) is 19.0 Å². The van der Waals surface area contributed by atoms with Crippen LogP contribution in [0.5, 0.6) is 5.75 Å². The number of ether oxygens (including phenoxy) is 1. The van der Waals surface area contributed by atoms with Crippen molar-refractivity contribution in [2.24, 2.45) is 0 Å². The molecule has 24 heavy (non-hydrogen) atoms. The second-order valence-corrected chi connectivity index (χ2v) is 6.32. The first-order chi connectivity index (χ1) is 11.7. The van der Waals surface area contributed by atoms with Gasteiger partial charge in [-0.1, -0.05) is 26.0 Å². The van der Waals surface area contributed by atoms with Crippen LogP contribution in [0.2, 0.25) is 0 Å². The highest BCUT2D eigenvalue weighted by Crippen LogP contribution is 2.24. The van der Waals surface area contributed by atoms with Crippen molar-refractivity contribution in [2.75, 3.05) is 33.3 Å². The van der Waals surface area contributed by atoms with Crippen LogP contribution in [-0.4, -0.2) is 50.1 Å². The topological polar surface area (TPSA) is 53.6 Å². The minimum atomic E-state index is 0.134. The van der Waals surface area contributed by atoms with Gasteiger partial charge in [-0.2, -0.15) is 0 Å². The lowest BCUT2D eigenvalue weighted by Crippen LogP contribution is -2.39. The van der Waals surface area contributed by atoms with Crippen LogP contribution in [0.15, 0.2) is 24.3 Å². The van der Waals surface area contributed by atoms with Gasteiger partial charge in [0.25, 0.3) is 0 Å². The molecule has 134 valence electrons. The Morgan fingerprint density at radius 3 is 2.83 bits per heavy atom. The summed E-state index contributed by atoms with van der Waals surface area (Å²) in [6.45, 7) is 7.85. The fourth-order valence-corrected chi connectivity index (χ4v) is 3.41. The quantitative estimate of drug-likeness (QED) is 0.728. The van der Waals surface area contributed by atoms with Gasteiger partial charge in [-0.15, -0.1) is 0 Å². The molecule has 1 heterocycles. The lowest BCUT2D eigenvalue weighted by atomic mass is 10.0. The number of nitrogens with one attached hydrogen (secondary N) is 2. The molecule has 1 amide bonds. The van der Waals surface area contributed by atoms with E-state index in [1.165, 1.54) is 12.0 Å². The van der Waals surface area contributed by atoms with Crippen molar-refractivity contribution < 1.29 is 9.53 Å². The second-order valence-electron chi connectivity index (χ2n) is 6.32. The maximum absolute atomic E-state index is 12.3. The first-order valence-corrected chi connectivity index (χ1v) is 9.06.